The molecule has 1 N–H and O–H groups in total. The van der Waals surface area contributed by atoms with Crippen LogP contribution in [-0.4, -0.2) is 27.8 Å². The molecule has 1 amide bonds. The monoisotopic (exact) mass is 450 g/mol. The SMILES string of the molecule is CC(=O)N1N=C(C2CCC3C4CC=C5CC(O)CC[C@]5(C)C4CC[C@]23C)CC1c1ccco1. The van der Waals surface area contributed by atoms with Crippen molar-refractivity contribution < 1.29 is 14.3 Å². The second-order valence-corrected chi connectivity index (χ2v) is 12.0. The van der Waals surface area contributed by atoms with Gasteiger partial charge in [-0.15, -0.1) is 0 Å². The summed E-state index contributed by atoms with van der Waals surface area (Å²) in [5, 5.41) is 16.9. The van der Waals surface area contributed by atoms with Gasteiger partial charge in [0.25, 0.3) is 0 Å². The first kappa shape index (κ1) is 21.6. The molecule has 1 aliphatic heterocycles. The van der Waals surface area contributed by atoms with Gasteiger partial charge in [0.15, 0.2) is 0 Å². The lowest BCUT2D eigenvalue weighted by Gasteiger charge is -2.58. The predicted molar refractivity (Wildman–Crippen MR) is 127 cm³/mol. The number of nitrogens with zero attached hydrogens (tertiary/aromatic N) is 2. The van der Waals surface area contributed by atoms with Crippen molar-refractivity contribution in [3.63, 3.8) is 0 Å². The van der Waals surface area contributed by atoms with E-state index in [4.69, 9.17) is 9.52 Å². The van der Waals surface area contributed by atoms with Gasteiger partial charge >= 0.3 is 0 Å². The molecular formula is C28H38N2O3. The molecule has 6 unspecified atom stereocenters. The van der Waals surface area contributed by atoms with Crippen molar-refractivity contribution in [3.8, 4) is 0 Å². The van der Waals surface area contributed by atoms with Crippen LogP contribution in [0.4, 0.5) is 0 Å². The van der Waals surface area contributed by atoms with Crippen molar-refractivity contribution in [1.82, 2.24) is 5.01 Å². The number of allylic oxidation sites excluding steroid dienone is 1. The summed E-state index contributed by atoms with van der Waals surface area (Å²) >= 11 is 0. The molecular weight excluding hydrogens is 412 g/mol. The van der Waals surface area contributed by atoms with Crippen molar-refractivity contribution in [2.24, 2.45) is 39.6 Å². The fourth-order valence-corrected chi connectivity index (χ4v) is 8.93. The Labute approximate surface area is 197 Å². The summed E-state index contributed by atoms with van der Waals surface area (Å²) in [4.78, 5) is 12.4. The second-order valence-electron chi connectivity index (χ2n) is 12.0. The zero-order valence-corrected chi connectivity index (χ0v) is 20.3. The normalized spacial score (nSPS) is 44.5. The largest absolute Gasteiger partial charge is 0.467 e. The number of fused-ring (bicyclic) bond motifs is 5. The highest BCUT2D eigenvalue weighted by Gasteiger charge is 2.60. The smallest absolute Gasteiger partial charge is 0.240 e. The molecule has 5 nitrogen and oxygen atoms in total. The van der Waals surface area contributed by atoms with Gasteiger partial charge in [-0.1, -0.05) is 25.5 Å². The highest BCUT2D eigenvalue weighted by Crippen LogP contribution is 2.66. The summed E-state index contributed by atoms with van der Waals surface area (Å²) in [5.41, 5.74) is 3.30. The Morgan fingerprint density at radius 3 is 2.76 bits per heavy atom. The summed E-state index contributed by atoms with van der Waals surface area (Å²) in [6.45, 7) is 6.63. The molecule has 2 heterocycles. The zero-order chi connectivity index (χ0) is 23.0. The number of aliphatic hydroxyl groups excluding tert-OH is 1. The Morgan fingerprint density at radius 2 is 2.00 bits per heavy atom. The van der Waals surface area contributed by atoms with E-state index in [-0.39, 0.29) is 28.9 Å². The number of hydrogen-bond acceptors (Lipinski definition) is 4. The van der Waals surface area contributed by atoms with E-state index in [1.165, 1.54) is 37.8 Å². The van der Waals surface area contributed by atoms with Gasteiger partial charge in [0.1, 0.15) is 11.8 Å². The first-order chi connectivity index (χ1) is 15.8. The zero-order valence-electron chi connectivity index (χ0n) is 20.3. The average Bonchev–Trinajstić information content (AvgIpc) is 3.51. The highest BCUT2D eigenvalue weighted by molar-refractivity contribution is 5.92. The number of amides is 1. The average molecular weight is 451 g/mol. The summed E-state index contributed by atoms with van der Waals surface area (Å²) in [6.07, 6.45) is 14.0. The van der Waals surface area contributed by atoms with Crippen LogP contribution in [0.3, 0.4) is 0 Å². The molecule has 0 saturated heterocycles. The van der Waals surface area contributed by atoms with Gasteiger partial charge in [0.2, 0.25) is 5.91 Å². The maximum absolute atomic E-state index is 12.4. The molecule has 0 bridgehead atoms. The number of carbonyl (C=O) groups excluding carboxylic acids is 1. The molecule has 3 saturated carbocycles. The number of rotatable bonds is 2. The molecule has 0 radical (unpaired) electrons. The third kappa shape index (κ3) is 3.14. The van der Waals surface area contributed by atoms with Crippen LogP contribution < -0.4 is 0 Å². The first-order valence-electron chi connectivity index (χ1n) is 13.1. The summed E-state index contributed by atoms with van der Waals surface area (Å²) in [7, 11) is 0. The van der Waals surface area contributed by atoms with E-state index in [0.717, 1.165) is 49.2 Å². The van der Waals surface area contributed by atoms with E-state index >= 15 is 0 Å². The summed E-state index contributed by atoms with van der Waals surface area (Å²) in [6, 6.07) is 3.77. The molecule has 6 rings (SSSR count). The number of carbonyl (C=O) groups is 1. The lowest BCUT2D eigenvalue weighted by molar-refractivity contribution is -0.130. The molecule has 4 aliphatic carbocycles. The van der Waals surface area contributed by atoms with Crippen molar-refractivity contribution in [3.05, 3.63) is 35.8 Å². The molecule has 1 aromatic heterocycles. The molecule has 8 atom stereocenters. The molecule has 33 heavy (non-hydrogen) atoms. The number of aliphatic hydroxyl groups is 1. The number of furan rings is 1. The summed E-state index contributed by atoms with van der Waals surface area (Å²) < 4.78 is 5.69. The lowest BCUT2D eigenvalue weighted by atomic mass is 9.47. The van der Waals surface area contributed by atoms with Crippen molar-refractivity contribution in [1.29, 1.82) is 0 Å². The predicted octanol–water partition coefficient (Wildman–Crippen LogP) is 5.87. The van der Waals surface area contributed by atoms with Gasteiger partial charge in [-0.25, -0.2) is 5.01 Å². The lowest BCUT2D eigenvalue weighted by Crippen LogP contribution is -2.51. The topological polar surface area (TPSA) is 66.0 Å². The fourth-order valence-electron chi connectivity index (χ4n) is 8.93. The third-order valence-electron chi connectivity index (χ3n) is 10.6. The van der Waals surface area contributed by atoms with Crippen LogP contribution in [-0.2, 0) is 4.79 Å². The van der Waals surface area contributed by atoms with Gasteiger partial charge in [-0.05, 0) is 92.1 Å². The van der Waals surface area contributed by atoms with Crippen LogP contribution in [0.15, 0.2) is 39.6 Å². The van der Waals surface area contributed by atoms with Gasteiger partial charge in [0, 0.05) is 25.0 Å². The minimum atomic E-state index is -0.141. The Bertz CT molecular complexity index is 997. The Balaban J connectivity index is 1.27. The van der Waals surface area contributed by atoms with Gasteiger partial charge in [0.05, 0.1) is 12.4 Å². The van der Waals surface area contributed by atoms with Crippen molar-refractivity contribution in [2.45, 2.75) is 90.7 Å². The van der Waals surface area contributed by atoms with Crippen molar-refractivity contribution in [2.75, 3.05) is 0 Å². The van der Waals surface area contributed by atoms with E-state index in [1.54, 1.807) is 23.8 Å². The molecule has 5 heteroatoms. The van der Waals surface area contributed by atoms with E-state index in [0.29, 0.717) is 5.92 Å². The maximum atomic E-state index is 12.4. The standard InChI is InChI=1S/C28H38N2O3/c1-17(31)30-25(26-5-4-14-33-26)16-24(29-30)23-9-8-21-20-7-6-18-15-19(32)10-12-27(18,2)22(20)11-13-28(21,23)3/h4-6,14,19-23,25,32H,7-13,15-16H2,1-3H3/t19?,20?,21?,22?,23?,25?,27-,28-/m0/s1. The van der Waals surface area contributed by atoms with E-state index < -0.39 is 0 Å². The van der Waals surface area contributed by atoms with E-state index in [1.807, 2.05) is 12.1 Å². The Morgan fingerprint density at radius 1 is 1.15 bits per heavy atom. The molecule has 0 spiro atoms. The molecule has 5 aliphatic rings. The van der Waals surface area contributed by atoms with Crippen LogP contribution in [0.5, 0.6) is 0 Å². The van der Waals surface area contributed by atoms with Crippen LogP contribution >= 0.6 is 0 Å². The Kier molecular flexibility index (Phi) is 4.96. The summed E-state index contributed by atoms with van der Waals surface area (Å²) in [5.74, 6) is 3.49. The Hall–Kier alpha value is -1.88. The van der Waals surface area contributed by atoms with Crippen molar-refractivity contribution >= 4 is 11.6 Å². The van der Waals surface area contributed by atoms with E-state index in [2.05, 4.69) is 19.9 Å². The third-order valence-corrected chi connectivity index (χ3v) is 10.6. The van der Waals surface area contributed by atoms with Gasteiger partial charge in [-0.3, -0.25) is 4.79 Å². The van der Waals surface area contributed by atoms with Crippen LogP contribution in [0.25, 0.3) is 0 Å². The van der Waals surface area contributed by atoms with Gasteiger partial charge in [-0.2, -0.15) is 5.10 Å². The quantitative estimate of drug-likeness (QED) is 0.573. The van der Waals surface area contributed by atoms with Crippen LogP contribution in [0, 0.1) is 34.5 Å². The molecule has 3 fully saturated rings. The minimum absolute atomic E-state index is 0.00725. The van der Waals surface area contributed by atoms with Crippen LogP contribution in [0.1, 0.15) is 90.4 Å². The minimum Gasteiger partial charge on any atom is -0.467 e. The van der Waals surface area contributed by atoms with Gasteiger partial charge < -0.3 is 9.52 Å². The molecule has 1 aromatic rings. The van der Waals surface area contributed by atoms with Crippen LogP contribution in [0.2, 0.25) is 0 Å². The molecule has 178 valence electrons. The number of hydrogen-bond donors (Lipinski definition) is 1. The fraction of sp³-hybridized carbons (Fsp3) is 0.714. The first-order valence-corrected chi connectivity index (χ1v) is 13.1. The maximum Gasteiger partial charge on any atom is 0.240 e. The van der Waals surface area contributed by atoms with E-state index in [9.17, 15) is 9.90 Å². The highest BCUT2D eigenvalue weighted by atomic mass is 16.3. The molecule has 0 aromatic carbocycles. The number of hydrazone groups is 1. The second kappa shape index (κ2) is 7.56.